The van der Waals surface area contributed by atoms with Gasteiger partial charge in [0.2, 0.25) is 0 Å². The standard InChI is InChI=1S/C18H20O2/c1-12-7-8-14(9-13(12)2)10-17(19)16-11-20-18-6-4-3-5-15(16)18/h3-9,16-17,19H,10-11H2,1-2H3. The summed E-state index contributed by atoms with van der Waals surface area (Å²) in [5.41, 5.74) is 4.88. The molecule has 1 N–H and O–H groups in total. The second-order valence-electron chi connectivity index (χ2n) is 5.65. The number of benzene rings is 2. The van der Waals surface area contributed by atoms with Crippen LogP contribution in [0.5, 0.6) is 5.75 Å². The highest BCUT2D eigenvalue weighted by Crippen LogP contribution is 2.36. The van der Waals surface area contributed by atoms with Crippen LogP contribution in [0, 0.1) is 13.8 Å². The van der Waals surface area contributed by atoms with E-state index in [2.05, 4.69) is 38.1 Å². The Morgan fingerprint density at radius 2 is 1.95 bits per heavy atom. The molecule has 0 fully saturated rings. The van der Waals surface area contributed by atoms with E-state index in [0.29, 0.717) is 13.0 Å². The van der Waals surface area contributed by atoms with E-state index in [-0.39, 0.29) is 5.92 Å². The van der Waals surface area contributed by atoms with E-state index in [0.717, 1.165) is 11.3 Å². The van der Waals surface area contributed by atoms with Crippen molar-refractivity contribution in [3.05, 3.63) is 64.7 Å². The molecule has 0 amide bonds. The molecule has 0 aromatic heterocycles. The molecule has 0 saturated heterocycles. The molecule has 3 rings (SSSR count). The van der Waals surface area contributed by atoms with Crippen molar-refractivity contribution in [3.8, 4) is 5.75 Å². The van der Waals surface area contributed by atoms with Crippen LogP contribution in [0.3, 0.4) is 0 Å². The number of rotatable bonds is 3. The maximum atomic E-state index is 10.5. The number of aryl methyl sites for hydroxylation is 2. The number of ether oxygens (including phenoxy) is 1. The van der Waals surface area contributed by atoms with Crippen molar-refractivity contribution in [1.82, 2.24) is 0 Å². The summed E-state index contributed by atoms with van der Waals surface area (Å²) in [5.74, 6) is 0.990. The Morgan fingerprint density at radius 3 is 2.75 bits per heavy atom. The summed E-state index contributed by atoms with van der Waals surface area (Å²) in [7, 11) is 0. The molecule has 2 heteroatoms. The Bertz CT molecular complexity index is 619. The summed E-state index contributed by atoms with van der Waals surface area (Å²) in [6, 6.07) is 14.4. The zero-order chi connectivity index (χ0) is 14.1. The molecule has 0 aliphatic carbocycles. The fourth-order valence-electron chi connectivity index (χ4n) is 2.82. The lowest BCUT2D eigenvalue weighted by atomic mass is 9.90. The van der Waals surface area contributed by atoms with E-state index >= 15 is 0 Å². The zero-order valence-electron chi connectivity index (χ0n) is 12.0. The van der Waals surface area contributed by atoms with Crippen LogP contribution < -0.4 is 4.74 Å². The fourth-order valence-corrected chi connectivity index (χ4v) is 2.82. The van der Waals surface area contributed by atoms with Crippen LogP contribution >= 0.6 is 0 Å². The Kier molecular flexibility index (Phi) is 3.49. The van der Waals surface area contributed by atoms with Crippen molar-refractivity contribution < 1.29 is 9.84 Å². The number of aliphatic hydroxyl groups is 1. The van der Waals surface area contributed by atoms with E-state index in [1.54, 1.807) is 0 Å². The van der Waals surface area contributed by atoms with Gasteiger partial charge < -0.3 is 9.84 Å². The van der Waals surface area contributed by atoms with Crippen LogP contribution in [-0.2, 0) is 6.42 Å². The van der Waals surface area contributed by atoms with Crippen molar-refractivity contribution in [2.24, 2.45) is 0 Å². The molecule has 1 heterocycles. The van der Waals surface area contributed by atoms with Gasteiger partial charge in [0.15, 0.2) is 0 Å². The second kappa shape index (κ2) is 5.29. The minimum Gasteiger partial charge on any atom is -0.493 e. The highest BCUT2D eigenvalue weighted by molar-refractivity contribution is 5.40. The minimum absolute atomic E-state index is 0.0767. The Balaban J connectivity index is 1.77. The molecule has 2 nitrogen and oxygen atoms in total. The van der Waals surface area contributed by atoms with Crippen LogP contribution in [0.2, 0.25) is 0 Å². The van der Waals surface area contributed by atoms with E-state index in [1.165, 1.54) is 16.7 Å². The Morgan fingerprint density at radius 1 is 1.15 bits per heavy atom. The third-order valence-electron chi connectivity index (χ3n) is 4.22. The molecule has 2 atom stereocenters. The largest absolute Gasteiger partial charge is 0.493 e. The van der Waals surface area contributed by atoms with Gasteiger partial charge in [0.05, 0.1) is 12.7 Å². The molecule has 2 aromatic carbocycles. The van der Waals surface area contributed by atoms with Gasteiger partial charge in [-0.15, -0.1) is 0 Å². The predicted molar refractivity (Wildman–Crippen MR) is 80.3 cm³/mol. The summed E-state index contributed by atoms with van der Waals surface area (Å²) >= 11 is 0. The van der Waals surface area contributed by atoms with Crippen LogP contribution in [-0.4, -0.2) is 17.8 Å². The van der Waals surface area contributed by atoms with Crippen molar-refractivity contribution in [2.75, 3.05) is 6.61 Å². The molecule has 1 aliphatic heterocycles. The molecule has 0 radical (unpaired) electrons. The first kappa shape index (κ1) is 13.2. The summed E-state index contributed by atoms with van der Waals surface area (Å²) in [6.07, 6.45) is 0.268. The molecule has 0 bridgehead atoms. The lowest BCUT2D eigenvalue weighted by Crippen LogP contribution is -2.22. The van der Waals surface area contributed by atoms with Crippen molar-refractivity contribution in [1.29, 1.82) is 0 Å². The van der Waals surface area contributed by atoms with Gasteiger partial charge in [-0.05, 0) is 43.0 Å². The van der Waals surface area contributed by atoms with E-state index in [4.69, 9.17) is 4.74 Å². The lowest BCUT2D eigenvalue weighted by molar-refractivity contribution is 0.129. The van der Waals surface area contributed by atoms with Gasteiger partial charge in [0, 0.05) is 11.5 Å². The van der Waals surface area contributed by atoms with Gasteiger partial charge in [-0.2, -0.15) is 0 Å². The summed E-state index contributed by atoms with van der Waals surface area (Å²) < 4.78 is 5.65. The van der Waals surface area contributed by atoms with Gasteiger partial charge in [-0.25, -0.2) is 0 Å². The highest BCUT2D eigenvalue weighted by Gasteiger charge is 2.29. The Hall–Kier alpha value is -1.80. The maximum Gasteiger partial charge on any atom is 0.123 e. The van der Waals surface area contributed by atoms with E-state index in [9.17, 15) is 5.11 Å². The average Bonchev–Trinajstić information content (AvgIpc) is 2.87. The molecular weight excluding hydrogens is 248 g/mol. The molecule has 1 aliphatic rings. The van der Waals surface area contributed by atoms with Gasteiger partial charge in [0.1, 0.15) is 5.75 Å². The number of hydrogen-bond donors (Lipinski definition) is 1. The summed E-state index contributed by atoms with van der Waals surface area (Å²) in [4.78, 5) is 0. The monoisotopic (exact) mass is 268 g/mol. The minimum atomic E-state index is -0.402. The van der Waals surface area contributed by atoms with Crippen molar-refractivity contribution in [2.45, 2.75) is 32.3 Å². The predicted octanol–water partition coefficient (Wildman–Crippen LogP) is 3.38. The first-order valence-corrected chi connectivity index (χ1v) is 7.11. The van der Waals surface area contributed by atoms with Crippen LogP contribution in [0.4, 0.5) is 0 Å². The highest BCUT2D eigenvalue weighted by atomic mass is 16.5. The molecule has 0 spiro atoms. The topological polar surface area (TPSA) is 29.5 Å². The van der Waals surface area contributed by atoms with Crippen molar-refractivity contribution in [3.63, 3.8) is 0 Å². The second-order valence-corrected chi connectivity index (χ2v) is 5.65. The maximum absolute atomic E-state index is 10.5. The lowest BCUT2D eigenvalue weighted by Gasteiger charge is -2.17. The average molecular weight is 268 g/mol. The Labute approximate surface area is 120 Å². The number of fused-ring (bicyclic) bond motifs is 1. The molecule has 2 aromatic rings. The fraction of sp³-hybridized carbons (Fsp3) is 0.333. The SMILES string of the molecule is Cc1ccc(CC(O)C2COc3ccccc32)cc1C. The van der Waals surface area contributed by atoms with Crippen LogP contribution in [0.25, 0.3) is 0 Å². The molecule has 2 unspecified atom stereocenters. The third-order valence-corrected chi connectivity index (χ3v) is 4.22. The van der Waals surface area contributed by atoms with Gasteiger partial charge in [-0.3, -0.25) is 0 Å². The van der Waals surface area contributed by atoms with Crippen LogP contribution in [0.15, 0.2) is 42.5 Å². The molecule has 0 saturated carbocycles. The zero-order valence-corrected chi connectivity index (χ0v) is 12.0. The van der Waals surface area contributed by atoms with Crippen LogP contribution in [0.1, 0.15) is 28.2 Å². The van der Waals surface area contributed by atoms with E-state index in [1.807, 2.05) is 18.2 Å². The number of hydrogen-bond acceptors (Lipinski definition) is 2. The molecule has 104 valence electrons. The van der Waals surface area contributed by atoms with E-state index < -0.39 is 6.10 Å². The first-order valence-electron chi connectivity index (χ1n) is 7.11. The first-order chi connectivity index (χ1) is 9.65. The summed E-state index contributed by atoms with van der Waals surface area (Å²) in [6.45, 7) is 4.79. The third kappa shape index (κ3) is 2.44. The van der Waals surface area contributed by atoms with Crippen molar-refractivity contribution >= 4 is 0 Å². The molecular formula is C18H20O2. The number of aliphatic hydroxyl groups excluding tert-OH is 1. The number of para-hydroxylation sites is 1. The van der Waals surface area contributed by atoms with Gasteiger partial charge >= 0.3 is 0 Å². The van der Waals surface area contributed by atoms with Gasteiger partial charge in [-0.1, -0.05) is 36.4 Å². The smallest absolute Gasteiger partial charge is 0.123 e. The van der Waals surface area contributed by atoms with Gasteiger partial charge in [0.25, 0.3) is 0 Å². The summed E-state index contributed by atoms with van der Waals surface area (Å²) in [5, 5.41) is 10.5. The quantitative estimate of drug-likeness (QED) is 0.924. The normalized spacial score (nSPS) is 18.4. The molecule has 20 heavy (non-hydrogen) atoms.